The Kier molecular flexibility index (Phi) is 5.59. The highest BCUT2D eigenvalue weighted by molar-refractivity contribution is 7.80. The summed E-state index contributed by atoms with van der Waals surface area (Å²) < 4.78 is 0. The van der Waals surface area contributed by atoms with E-state index in [4.69, 9.17) is 23.8 Å². The van der Waals surface area contributed by atoms with Crippen molar-refractivity contribution in [1.29, 1.82) is 0 Å². The van der Waals surface area contributed by atoms with Gasteiger partial charge < -0.3 is 10.6 Å². The zero-order chi connectivity index (χ0) is 15.2. The molecule has 0 aliphatic rings. The van der Waals surface area contributed by atoms with Crippen LogP contribution in [0.2, 0.25) is 5.02 Å². The summed E-state index contributed by atoms with van der Waals surface area (Å²) in [6, 6.07) is 16.2. The Hall–Kier alpha value is -1.58. The van der Waals surface area contributed by atoms with E-state index in [-0.39, 0.29) is 6.04 Å². The van der Waals surface area contributed by atoms with Crippen LogP contribution in [-0.2, 0) is 0 Å². The lowest BCUT2D eigenvalue weighted by Crippen LogP contribution is -2.32. The fraction of sp³-hybridized carbons (Fsp3) is 0.235. The summed E-state index contributed by atoms with van der Waals surface area (Å²) in [7, 11) is 0. The largest absolute Gasteiger partial charge is 0.356 e. The average molecular weight is 319 g/mol. The Balaban J connectivity index is 2.03. The van der Waals surface area contributed by atoms with Crippen LogP contribution < -0.4 is 10.6 Å². The number of hydrogen-bond donors (Lipinski definition) is 2. The number of nitrogens with one attached hydrogen (secondary N) is 2. The van der Waals surface area contributed by atoms with Gasteiger partial charge >= 0.3 is 0 Å². The maximum Gasteiger partial charge on any atom is 0.171 e. The third-order valence-electron chi connectivity index (χ3n) is 3.32. The molecule has 2 aromatic rings. The van der Waals surface area contributed by atoms with Crippen LogP contribution in [0.15, 0.2) is 48.5 Å². The molecule has 0 heterocycles. The summed E-state index contributed by atoms with van der Waals surface area (Å²) >= 11 is 11.5. The quantitative estimate of drug-likeness (QED) is 0.768. The Morgan fingerprint density at radius 2 is 1.81 bits per heavy atom. The molecular formula is C17H19ClN2S. The molecule has 0 amide bonds. The summed E-state index contributed by atoms with van der Waals surface area (Å²) in [6.45, 7) is 4.22. The van der Waals surface area contributed by atoms with Gasteiger partial charge in [-0.25, -0.2) is 0 Å². The van der Waals surface area contributed by atoms with Crippen molar-refractivity contribution in [2.24, 2.45) is 0 Å². The summed E-state index contributed by atoms with van der Waals surface area (Å²) in [5.74, 6) is 0. The highest BCUT2D eigenvalue weighted by Gasteiger charge is 2.11. The van der Waals surface area contributed by atoms with Crippen LogP contribution >= 0.6 is 23.8 Å². The minimum Gasteiger partial charge on any atom is -0.356 e. The molecule has 2 N–H and O–H groups in total. The normalized spacial score (nSPS) is 11.8. The summed E-state index contributed by atoms with van der Waals surface area (Å²) in [5, 5.41) is 7.72. The molecule has 0 spiro atoms. The van der Waals surface area contributed by atoms with Gasteiger partial charge in [0.15, 0.2) is 5.11 Å². The smallest absolute Gasteiger partial charge is 0.171 e. The molecule has 0 saturated carbocycles. The Morgan fingerprint density at radius 3 is 2.43 bits per heavy atom. The second-order valence-electron chi connectivity index (χ2n) is 4.95. The van der Waals surface area contributed by atoms with Crippen molar-refractivity contribution >= 4 is 34.6 Å². The number of aryl methyl sites for hydroxylation is 1. The van der Waals surface area contributed by atoms with E-state index in [2.05, 4.69) is 48.7 Å². The lowest BCUT2D eigenvalue weighted by Gasteiger charge is -2.20. The first-order chi connectivity index (χ1) is 10.1. The van der Waals surface area contributed by atoms with Gasteiger partial charge in [-0.05, 0) is 43.3 Å². The van der Waals surface area contributed by atoms with Gasteiger partial charge in [0.2, 0.25) is 0 Å². The molecule has 21 heavy (non-hydrogen) atoms. The van der Waals surface area contributed by atoms with E-state index in [1.807, 2.05) is 24.3 Å². The van der Waals surface area contributed by atoms with Crippen LogP contribution in [0.5, 0.6) is 0 Å². The van der Waals surface area contributed by atoms with Crippen LogP contribution in [0, 0.1) is 6.92 Å². The molecule has 0 aliphatic carbocycles. The van der Waals surface area contributed by atoms with Crippen molar-refractivity contribution < 1.29 is 0 Å². The molecule has 0 radical (unpaired) electrons. The number of benzene rings is 2. The van der Waals surface area contributed by atoms with Crippen molar-refractivity contribution in [1.82, 2.24) is 5.32 Å². The van der Waals surface area contributed by atoms with Gasteiger partial charge in [0.25, 0.3) is 0 Å². The molecule has 0 saturated heterocycles. The van der Waals surface area contributed by atoms with Gasteiger partial charge in [-0.1, -0.05) is 60.5 Å². The van der Waals surface area contributed by atoms with Gasteiger partial charge in [-0.2, -0.15) is 0 Å². The molecule has 0 unspecified atom stereocenters. The highest BCUT2D eigenvalue weighted by atomic mass is 35.5. The molecule has 0 aliphatic heterocycles. The zero-order valence-electron chi connectivity index (χ0n) is 12.2. The highest BCUT2D eigenvalue weighted by Crippen LogP contribution is 2.21. The van der Waals surface area contributed by atoms with Gasteiger partial charge in [0, 0.05) is 0 Å². The second kappa shape index (κ2) is 7.43. The van der Waals surface area contributed by atoms with Crippen molar-refractivity contribution in [2.45, 2.75) is 26.3 Å². The van der Waals surface area contributed by atoms with Crippen LogP contribution in [0.4, 0.5) is 5.69 Å². The van der Waals surface area contributed by atoms with Crippen LogP contribution in [-0.4, -0.2) is 5.11 Å². The number of thiocarbonyl (C=S) groups is 1. The third kappa shape index (κ3) is 4.45. The first-order valence-electron chi connectivity index (χ1n) is 6.98. The fourth-order valence-corrected chi connectivity index (χ4v) is 2.53. The predicted octanol–water partition coefficient (Wildman–Crippen LogP) is 5.09. The molecule has 0 bridgehead atoms. The molecule has 2 rings (SSSR count). The van der Waals surface area contributed by atoms with Gasteiger partial charge in [-0.15, -0.1) is 0 Å². The van der Waals surface area contributed by atoms with E-state index in [0.717, 1.165) is 12.1 Å². The van der Waals surface area contributed by atoms with Gasteiger partial charge in [-0.3, -0.25) is 0 Å². The number of anilines is 1. The number of para-hydroxylation sites is 1. The number of hydrogen-bond acceptors (Lipinski definition) is 1. The fourth-order valence-electron chi connectivity index (χ4n) is 2.10. The van der Waals surface area contributed by atoms with Crippen LogP contribution in [0.25, 0.3) is 0 Å². The summed E-state index contributed by atoms with van der Waals surface area (Å²) in [4.78, 5) is 0. The molecular weight excluding hydrogens is 300 g/mol. The van der Waals surface area contributed by atoms with Crippen molar-refractivity contribution in [2.75, 3.05) is 5.32 Å². The lowest BCUT2D eigenvalue weighted by molar-refractivity contribution is 0.629. The molecule has 110 valence electrons. The second-order valence-corrected chi connectivity index (χ2v) is 5.77. The van der Waals surface area contributed by atoms with Crippen LogP contribution in [0.1, 0.15) is 30.5 Å². The molecule has 0 aromatic heterocycles. The first kappa shape index (κ1) is 15.8. The Labute approximate surface area is 136 Å². The third-order valence-corrected chi connectivity index (χ3v) is 3.86. The van der Waals surface area contributed by atoms with Gasteiger partial charge in [0.1, 0.15) is 0 Å². The first-order valence-corrected chi connectivity index (χ1v) is 7.77. The van der Waals surface area contributed by atoms with E-state index in [1.165, 1.54) is 11.1 Å². The van der Waals surface area contributed by atoms with E-state index in [9.17, 15) is 0 Å². The Morgan fingerprint density at radius 1 is 1.14 bits per heavy atom. The summed E-state index contributed by atoms with van der Waals surface area (Å²) in [6.07, 6.45) is 0.952. The maximum absolute atomic E-state index is 6.12. The SMILES string of the molecule is CC[C@@H](NC(=S)Nc1ccccc1Cl)c1ccc(C)cc1. The molecule has 2 nitrogen and oxygen atoms in total. The van der Waals surface area contributed by atoms with E-state index < -0.39 is 0 Å². The van der Waals surface area contributed by atoms with Gasteiger partial charge in [0.05, 0.1) is 16.8 Å². The van der Waals surface area contributed by atoms with E-state index >= 15 is 0 Å². The number of halogens is 1. The molecule has 2 aromatic carbocycles. The monoisotopic (exact) mass is 318 g/mol. The lowest BCUT2D eigenvalue weighted by atomic mass is 10.0. The van der Waals surface area contributed by atoms with Crippen molar-refractivity contribution in [3.8, 4) is 0 Å². The Bertz CT molecular complexity index is 610. The average Bonchev–Trinajstić information content (AvgIpc) is 2.48. The van der Waals surface area contributed by atoms with Crippen LogP contribution in [0.3, 0.4) is 0 Å². The molecule has 1 atom stereocenters. The zero-order valence-corrected chi connectivity index (χ0v) is 13.8. The number of rotatable bonds is 4. The predicted molar refractivity (Wildman–Crippen MR) is 95.0 cm³/mol. The minimum absolute atomic E-state index is 0.188. The molecule has 4 heteroatoms. The standard InChI is InChI=1S/C17H19ClN2S/c1-3-15(13-10-8-12(2)9-11-13)19-17(21)20-16-7-5-4-6-14(16)18/h4-11,15H,3H2,1-2H3,(H2,19,20,21)/t15-/m1/s1. The van der Waals surface area contributed by atoms with E-state index in [0.29, 0.717) is 10.1 Å². The maximum atomic E-state index is 6.12. The minimum atomic E-state index is 0.188. The summed E-state index contributed by atoms with van der Waals surface area (Å²) in [5.41, 5.74) is 3.30. The van der Waals surface area contributed by atoms with Crippen molar-refractivity contribution in [3.05, 3.63) is 64.7 Å². The topological polar surface area (TPSA) is 24.1 Å². The molecule has 0 fully saturated rings. The van der Waals surface area contributed by atoms with Crippen molar-refractivity contribution in [3.63, 3.8) is 0 Å². The van der Waals surface area contributed by atoms with E-state index in [1.54, 1.807) is 0 Å².